The molecule has 0 bridgehead atoms. The molecule has 0 aliphatic heterocycles. The number of carboxylic acid groups (broad SMARTS) is 1. The summed E-state index contributed by atoms with van der Waals surface area (Å²) in [6.45, 7) is -0.591. The van der Waals surface area contributed by atoms with Crippen molar-refractivity contribution in [3.05, 3.63) is 29.8 Å². The number of rotatable bonds is 7. The van der Waals surface area contributed by atoms with E-state index in [2.05, 4.69) is 5.32 Å². The number of carboxylic acids is 1. The van der Waals surface area contributed by atoms with E-state index >= 15 is 0 Å². The van der Waals surface area contributed by atoms with Crippen molar-refractivity contribution < 1.29 is 27.8 Å². The second-order valence-corrected chi connectivity index (χ2v) is 6.14. The van der Waals surface area contributed by atoms with Crippen LogP contribution in [0.5, 0.6) is 5.75 Å². The Hall–Kier alpha value is -1.76. The number of alkyl halides is 3. The standard InChI is InChI=1S/C17H22F3NO3/c18-17(19,20)11-24-15-3-1-2-12(10-15)8-9-21-14-6-4-13(5-7-14)16(22)23/h1-3,10,13-14,21H,4-9,11H2,(H,22,23). The van der Waals surface area contributed by atoms with Crippen LogP contribution in [0.1, 0.15) is 31.2 Å². The lowest BCUT2D eigenvalue weighted by atomic mass is 9.86. The van der Waals surface area contributed by atoms with Crippen LogP contribution in [0.25, 0.3) is 0 Å². The summed E-state index contributed by atoms with van der Waals surface area (Å²) in [4.78, 5) is 10.9. The molecule has 4 nitrogen and oxygen atoms in total. The number of carbonyl (C=O) groups is 1. The Bertz CT molecular complexity index is 540. The lowest BCUT2D eigenvalue weighted by Gasteiger charge is -2.27. The van der Waals surface area contributed by atoms with Crippen LogP contribution in [0.3, 0.4) is 0 Å². The van der Waals surface area contributed by atoms with Crippen molar-refractivity contribution in [2.45, 2.75) is 44.3 Å². The molecule has 0 radical (unpaired) electrons. The highest BCUT2D eigenvalue weighted by Crippen LogP contribution is 2.24. The average molecular weight is 345 g/mol. The number of halogens is 3. The first kappa shape index (κ1) is 18.6. The minimum absolute atomic E-state index is 0.215. The van der Waals surface area contributed by atoms with E-state index in [0.717, 1.165) is 18.4 Å². The molecule has 1 aliphatic rings. The second-order valence-electron chi connectivity index (χ2n) is 6.14. The maximum absolute atomic E-state index is 12.2. The van der Waals surface area contributed by atoms with Crippen LogP contribution in [-0.4, -0.2) is 36.4 Å². The van der Waals surface area contributed by atoms with Gasteiger partial charge >= 0.3 is 12.1 Å². The zero-order valence-electron chi connectivity index (χ0n) is 13.3. The molecule has 1 aromatic carbocycles. The van der Waals surface area contributed by atoms with E-state index in [0.29, 0.717) is 31.8 Å². The predicted molar refractivity (Wildman–Crippen MR) is 83.1 cm³/mol. The zero-order chi connectivity index (χ0) is 17.6. The molecular weight excluding hydrogens is 323 g/mol. The minimum Gasteiger partial charge on any atom is -0.484 e. The van der Waals surface area contributed by atoms with Crippen LogP contribution in [0.4, 0.5) is 13.2 Å². The number of ether oxygens (including phenoxy) is 1. The third kappa shape index (κ3) is 6.39. The zero-order valence-corrected chi connectivity index (χ0v) is 13.3. The molecular formula is C17H22F3NO3. The molecule has 1 aromatic rings. The Balaban J connectivity index is 1.72. The van der Waals surface area contributed by atoms with Gasteiger partial charge in [-0.15, -0.1) is 0 Å². The van der Waals surface area contributed by atoms with Crippen LogP contribution in [0.15, 0.2) is 24.3 Å². The summed E-state index contributed by atoms with van der Waals surface area (Å²) < 4.78 is 41.2. The first-order valence-electron chi connectivity index (χ1n) is 8.08. The van der Waals surface area contributed by atoms with Gasteiger partial charge in [0.05, 0.1) is 5.92 Å². The quantitative estimate of drug-likeness (QED) is 0.795. The van der Waals surface area contributed by atoms with E-state index in [1.807, 2.05) is 6.07 Å². The molecule has 1 aliphatic carbocycles. The van der Waals surface area contributed by atoms with E-state index < -0.39 is 18.8 Å². The summed E-state index contributed by atoms with van der Waals surface area (Å²) >= 11 is 0. The molecule has 1 saturated carbocycles. The number of benzene rings is 1. The van der Waals surface area contributed by atoms with E-state index in [9.17, 15) is 18.0 Å². The van der Waals surface area contributed by atoms with Gasteiger partial charge < -0.3 is 15.2 Å². The average Bonchev–Trinajstić information content (AvgIpc) is 2.53. The molecule has 0 unspecified atom stereocenters. The van der Waals surface area contributed by atoms with E-state index in [-0.39, 0.29) is 11.7 Å². The highest BCUT2D eigenvalue weighted by Gasteiger charge is 2.28. The van der Waals surface area contributed by atoms with Crippen molar-refractivity contribution in [3.8, 4) is 5.75 Å². The van der Waals surface area contributed by atoms with Crippen LogP contribution < -0.4 is 10.1 Å². The van der Waals surface area contributed by atoms with E-state index in [1.54, 1.807) is 12.1 Å². The molecule has 0 saturated heterocycles. The van der Waals surface area contributed by atoms with E-state index in [4.69, 9.17) is 9.84 Å². The Morgan fingerprint density at radius 1 is 1.25 bits per heavy atom. The Morgan fingerprint density at radius 2 is 1.96 bits per heavy atom. The lowest BCUT2D eigenvalue weighted by Crippen LogP contribution is -2.36. The first-order valence-corrected chi connectivity index (χ1v) is 8.08. The van der Waals surface area contributed by atoms with Gasteiger partial charge in [0, 0.05) is 6.04 Å². The molecule has 0 aromatic heterocycles. The van der Waals surface area contributed by atoms with Crippen LogP contribution in [0, 0.1) is 5.92 Å². The van der Waals surface area contributed by atoms with Crippen LogP contribution >= 0.6 is 0 Å². The maximum atomic E-state index is 12.2. The monoisotopic (exact) mass is 345 g/mol. The number of hydrogen-bond acceptors (Lipinski definition) is 3. The molecule has 0 amide bonds. The summed E-state index contributed by atoms with van der Waals surface area (Å²) in [5.74, 6) is -0.735. The summed E-state index contributed by atoms with van der Waals surface area (Å²) in [6, 6.07) is 6.97. The van der Waals surface area contributed by atoms with Crippen LogP contribution in [-0.2, 0) is 11.2 Å². The minimum atomic E-state index is -4.34. The molecule has 0 atom stereocenters. The lowest BCUT2D eigenvalue weighted by molar-refractivity contribution is -0.153. The van der Waals surface area contributed by atoms with Gasteiger partial charge in [-0.2, -0.15) is 13.2 Å². The van der Waals surface area contributed by atoms with Crippen molar-refractivity contribution >= 4 is 5.97 Å². The maximum Gasteiger partial charge on any atom is 0.422 e. The summed E-state index contributed by atoms with van der Waals surface area (Å²) in [7, 11) is 0. The molecule has 2 N–H and O–H groups in total. The molecule has 0 spiro atoms. The van der Waals surface area contributed by atoms with Gasteiger partial charge in [0.1, 0.15) is 5.75 Å². The highest BCUT2D eigenvalue weighted by atomic mass is 19.4. The summed E-state index contributed by atoms with van der Waals surface area (Å²) in [6.07, 6.45) is -0.604. The van der Waals surface area contributed by atoms with Crippen molar-refractivity contribution in [2.75, 3.05) is 13.2 Å². The predicted octanol–water partition coefficient (Wildman–Crippen LogP) is 3.40. The molecule has 1 fully saturated rings. The summed E-state index contributed by atoms with van der Waals surface area (Å²) in [5, 5.41) is 12.4. The molecule has 7 heteroatoms. The molecule has 2 rings (SSSR count). The van der Waals surface area contributed by atoms with Gasteiger partial charge in [0.25, 0.3) is 0 Å². The van der Waals surface area contributed by atoms with Crippen molar-refractivity contribution in [1.29, 1.82) is 0 Å². The van der Waals surface area contributed by atoms with Gasteiger partial charge in [-0.05, 0) is 56.3 Å². The third-order valence-electron chi connectivity index (χ3n) is 4.22. The smallest absolute Gasteiger partial charge is 0.422 e. The van der Waals surface area contributed by atoms with Crippen molar-refractivity contribution in [1.82, 2.24) is 5.32 Å². The van der Waals surface area contributed by atoms with Crippen LogP contribution in [0.2, 0.25) is 0 Å². The Labute approximate surface area is 139 Å². The fraction of sp³-hybridized carbons (Fsp3) is 0.588. The topological polar surface area (TPSA) is 58.6 Å². The first-order chi connectivity index (χ1) is 11.3. The third-order valence-corrected chi connectivity index (χ3v) is 4.22. The molecule has 134 valence electrons. The van der Waals surface area contributed by atoms with Gasteiger partial charge in [-0.25, -0.2) is 0 Å². The van der Waals surface area contributed by atoms with E-state index in [1.165, 1.54) is 6.07 Å². The second kappa shape index (κ2) is 8.37. The normalized spacial score (nSPS) is 21.5. The largest absolute Gasteiger partial charge is 0.484 e. The van der Waals surface area contributed by atoms with Gasteiger partial charge in [0.15, 0.2) is 6.61 Å². The van der Waals surface area contributed by atoms with Crippen molar-refractivity contribution in [3.63, 3.8) is 0 Å². The van der Waals surface area contributed by atoms with Gasteiger partial charge in [-0.3, -0.25) is 4.79 Å². The van der Waals surface area contributed by atoms with Crippen molar-refractivity contribution in [2.24, 2.45) is 5.92 Å². The molecule has 24 heavy (non-hydrogen) atoms. The SMILES string of the molecule is O=C(O)C1CCC(NCCc2cccc(OCC(F)(F)F)c2)CC1. The fourth-order valence-electron chi connectivity index (χ4n) is 2.92. The van der Waals surface area contributed by atoms with Gasteiger partial charge in [0.2, 0.25) is 0 Å². The summed E-state index contributed by atoms with van der Waals surface area (Å²) in [5.41, 5.74) is 0.904. The Kier molecular flexibility index (Phi) is 6.48. The highest BCUT2D eigenvalue weighted by molar-refractivity contribution is 5.70. The fourth-order valence-corrected chi connectivity index (χ4v) is 2.92. The van der Waals surface area contributed by atoms with Gasteiger partial charge in [-0.1, -0.05) is 12.1 Å². The Morgan fingerprint density at radius 3 is 2.58 bits per heavy atom. The number of aliphatic carboxylic acids is 1. The number of hydrogen-bond donors (Lipinski definition) is 2. The molecule has 0 heterocycles. The number of nitrogens with one attached hydrogen (secondary N) is 1.